The Morgan fingerprint density at radius 3 is 2.08 bits per heavy atom. The summed E-state index contributed by atoms with van der Waals surface area (Å²) in [5, 5.41) is 4.93. The number of benzene rings is 3. The van der Waals surface area contributed by atoms with E-state index < -0.39 is 0 Å². The van der Waals surface area contributed by atoms with Gasteiger partial charge in [-0.25, -0.2) is 0 Å². The van der Waals surface area contributed by atoms with E-state index in [1.54, 1.807) is 0 Å². The van der Waals surface area contributed by atoms with Crippen molar-refractivity contribution in [1.82, 2.24) is 14.7 Å². The number of anilines is 1. The Morgan fingerprint density at radius 1 is 0.784 bits per heavy atom. The summed E-state index contributed by atoms with van der Waals surface area (Å²) in [5.74, 6) is 1.05. The highest BCUT2D eigenvalue weighted by Crippen LogP contribution is 2.23. The van der Waals surface area contributed by atoms with Gasteiger partial charge in [-0.1, -0.05) is 97.9 Å². The van der Waals surface area contributed by atoms with Crippen molar-refractivity contribution in [2.24, 2.45) is 0 Å². The SMILES string of the molecule is C=C1CN(c2cc(C)n(Cc3cc(C)ccc3C)n2)CCN1Cc1ccccc1.CCc1ccccc1. The molecule has 192 valence electrons. The van der Waals surface area contributed by atoms with Gasteiger partial charge in [0, 0.05) is 37.1 Å². The Hall–Kier alpha value is -3.79. The molecular weight excluding hydrogens is 452 g/mol. The van der Waals surface area contributed by atoms with E-state index in [2.05, 4.69) is 128 Å². The van der Waals surface area contributed by atoms with Crippen LogP contribution < -0.4 is 4.90 Å². The average Bonchev–Trinajstić information content (AvgIpc) is 3.29. The Balaban J connectivity index is 0.000000342. The first-order chi connectivity index (χ1) is 17.9. The molecule has 4 aromatic rings. The van der Waals surface area contributed by atoms with E-state index in [1.165, 1.54) is 33.5 Å². The first-order valence-electron chi connectivity index (χ1n) is 13.3. The van der Waals surface area contributed by atoms with Crippen LogP contribution in [0.3, 0.4) is 0 Å². The summed E-state index contributed by atoms with van der Waals surface area (Å²) in [6.45, 7) is 17.5. The van der Waals surface area contributed by atoms with Crippen molar-refractivity contribution in [3.05, 3.63) is 131 Å². The normalized spacial score (nSPS) is 13.4. The molecule has 1 aliphatic heterocycles. The van der Waals surface area contributed by atoms with Gasteiger partial charge >= 0.3 is 0 Å². The van der Waals surface area contributed by atoms with Crippen molar-refractivity contribution in [1.29, 1.82) is 0 Å². The Morgan fingerprint density at radius 2 is 1.46 bits per heavy atom. The van der Waals surface area contributed by atoms with Crippen LogP contribution in [0.15, 0.2) is 97.2 Å². The van der Waals surface area contributed by atoms with E-state index in [1.807, 2.05) is 6.07 Å². The predicted octanol–water partition coefficient (Wildman–Crippen LogP) is 6.94. The number of hydrogen-bond donors (Lipinski definition) is 0. The van der Waals surface area contributed by atoms with Crippen LogP contribution in [0, 0.1) is 20.8 Å². The lowest BCUT2D eigenvalue weighted by molar-refractivity contribution is 0.312. The number of hydrogen-bond acceptors (Lipinski definition) is 3. The molecule has 0 N–H and O–H groups in total. The van der Waals surface area contributed by atoms with Crippen molar-refractivity contribution in [2.75, 3.05) is 24.5 Å². The number of piperazine rings is 1. The topological polar surface area (TPSA) is 24.3 Å². The Labute approximate surface area is 222 Å². The lowest BCUT2D eigenvalue weighted by Crippen LogP contribution is -2.44. The number of aryl methyl sites for hydroxylation is 4. The van der Waals surface area contributed by atoms with Gasteiger partial charge in [0.15, 0.2) is 5.82 Å². The fourth-order valence-electron chi connectivity index (χ4n) is 4.64. The smallest absolute Gasteiger partial charge is 0.151 e. The van der Waals surface area contributed by atoms with E-state index in [-0.39, 0.29) is 0 Å². The van der Waals surface area contributed by atoms with Gasteiger partial charge in [0.05, 0.1) is 13.1 Å². The van der Waals surface area contributed by atoms with E-state index in [0.29, 0.717) is 0 Å². The van der Waals surface area contributed by atoms with E-state index in [4.69, 9.17) is 5.10 Å². The zero-order valence-electron chi connectivity index (χ0n) is 22.8. The van der Waals surface area contributed by atoms with Crippen LogP contribution in [-0.4, -0.2) is 34.3 Å². The molecule has 0 aliphatic carbocycles. The molecule has 0 bridgehead atoms. The molecule has 0 saturated carbocycles. The summed E-state index contributed by atoms with van der Waals surface area (Å²) >= 11 is 0. The third kappa shape index (κ3) is 7.13. The van der Waals surface area contributed by atoms with Crippen LogP contribution in [0.2, 0.25) is 0 Å². The van der Waals surface area contributed by atoms with Crippen LogP contribution in [-0.2, 0) is 19.5 Å². The molecule has 1 fully saturated rings. The van der Waals surface area contributed by atoms with Gasteiger partial charge < -0.3 is 9.80 Å². The van der Waals surface area contributed by atoms with Crippen LogP contribution in [0.25, 0.3) is 0 Å². The van der Waals surface area contributed by atoms with E-state index >= 15 is 0 Å². The number of nitrogens with zero attached hydrogens (tertiary/aromatic N) is 4. The van der Waals surface area contributed by atoms with Gasteiger partial charge in [0.1, 0.15) is 0 Å². The van der Waals surface area contributed by atoms with E-state index in [9.17, 15) is 0 Å². The van der Waals surface area contributed by atoms with Gasteiger partial charge in [-0.15, -0.1) is 0 Å². The maximum Gasteiger partial charge on any atom is 0.151 e. The first kappa shape index (κ1) is 26.3. The highest BCUT2D eigenvalue weighted by atomic mass is 15.4. The van der Waals surface area contributed by atoms with Crippen molar-refractivity contribution in [3.63, 3.8) is 0 Å². The minimum Gasteiger partial charge on any atom is -0.368 e. The van der Waals surface area contributed by atoms with Crippen LogP contribution in [0.1, 0.15) is 40.4 Å². The second kappa shape index (κ2) is 12.4. The first-order valence-corrected chi connectivity index (χ1v) is 13.3. The summed E-state index contributed by atoms with van der Waals surface area (Å²) in [4.78, 5) is 4.72. The second-order valence-corrected chi connectivity index (χ2v) is 9.97. The predicted molar refractivity (Wildman–Crippen MR) is 156 cm³/mol. The molecule has 1 aromatic heterocycles. The summed E-state index contributed by atoms with van der Waals surface area (Å²) in [6, 6.07) is 29.9. The molecule has 0 radical (unpaired) electrons. The molecule has 4 heteroatoms. The fourth-order valence-corrected chi connectivity index (χ4v) is 4.64. The molecule has 5 rings (SSSR count). The van der Waals surface area contributed by atoms with Crippen LogP contribution >= 0.6 is 0 Å². The van der Waals surface area contributed by atoms with Crippen molar-refractivity contribution in [3.8, 4) is 0 Å². The van der Waals surface area contributed by atoms with E-state index in [0.717, 1.165) is 50.7 Å². The largest absolute Gasteiger partial charge is 0.368 e. The molecular formula is C33H40N4. The molecule has 0 atom stereocenters. The molecule has 0 unspecified atom stereocenters. The van der Waals surface area contributed by atoms with Crippen molar-refractivity contribution >= 4 is 5.82 Å². The third-order valence-corrected chi connectivity index (χ3v) is 7.04. The average molecular weight is 493 g/mol. The third-order valence-electron chi connectivity index (χ3n) is 7.04. The molecule has 0 spiro atoms. The monoisotopic (exact) mass is 492 g/mol. The summed E-state index contributed by atoms with van der Waals surface area (Å²) in [7, 11) is 0. The minimum atomic E-state index is 0.814. The zero-order valence-corrected chi connectivity index (χ0v) is 22.8. The van der Waals surface area contributed by atoms with Gasteiger partial charge in [0.2, 0.25) is 0 Å². The van der Waals surface area contributed by atoms with Gasteiger partial charge in [-0.2, -0.15) is 5.10 Å². The maximum atomic E-state index is 4.93. The second-order valence-electron chi connectivity index (χ2n) is 9.97. The maximum absolute atomic E-state index is 4.93. The Bertz CT molecular complexity index is 1290. The van der Waals surface area contributed by atoms with Gasteiger partial charge in [0.25, 0.3) is 0 Å². The minimum absolute atomic E-state index is 0.814. The van der Waals surface area contributed by atoms with Crippen LogP contribution in [0.4, 0.5) is 5.82 Å². The summed E-state index contributed by atoms with van der Waals surface area (Å²) < 4.78 is 2.12. The number of rotatable bonds is 6. The highest BCUT2D eigenvalue weighted by Gasteiger charge is 2.22. The molecule has 4 nitrogen and oxygen atoms in total. The molecule has 2 heterocycles. The zero-order chi connectivity index (χ0) is 26.2. The van der Waals surface area contributed by atoms with Crippen LogP contribution in [0.5, 0.6) is 0 Å². The molecule has 3 aromatic carbocycles. The van der Waals surface area contributed by atoms with Gasteiger partial charge in [-0.05, 0) is 49.4 Å². The molecule has 1 saturated heterocycles. The van der Waals surface area contributed by atoms with Crippen molar-refractivity contribution < 1.29 is 0 Å². The lowest BCUT2D eigenvalue weighted by Gasteiger charge is -2.38. The Kier molecular flexibility index (Phi) is 8.84. The standard InChI is InChI=1S/C25H30N4.C8H10/c1-19-10-11-20(2)24(14-19)18-29-21(3)15-25(26-29)28-13-12-27(22(4)16-28)17-23-8-6-5-7-9-23;1-2-8-6-4-3-5-7-8/h5-11,14-15H,4,12-13,16-18H2,1-3H3;3-7H,2H2,1H3. The molecule has 0 amide bonds. The van der Waals surface area contributed by atoms with Crippen molar-refractivity contribution in [2.45, 2.75) is 47.2 Å². The highest BCUT2D eigenvalue weighted by molar-refractivity contribution is 5.43. The number of aromatic nitrogens is 2. The summed E-state index contributed by atoms with van der Waals surface area (Å²) in [5.41, 5.74) is 9.03. The summed E-state index contributed by atoms with van der Waals surface area (Å²) in [6.07, 6.45) is 1.14. The van der Waals surface area contributed by atoms with Gasteiger partial charge in [-0.3, -0.25) is 4.68 Å². The molecule has 37 heavy (non-hydrogen) atoms. The quantitative estimate of drug-likeness (QED) is 0.291. The fraction of sp³-hybridized carbons (Fsp3) is 0.303. The lowest BCUT2D eigenvalue weighted by atomic mass is 10.1. The molecule has 1 aliphatic rings.